The van der Waals surface area contributed by atoms with Crippen molar-refractivity contribution in [3.63, 3.8) is 0 Å². The van der Waals surface area contributed by atoms with Gasteiger partial charge < -0.3 is 9.84 Å². The van der Waals surface area contributed by atoms with E-state index in [2.05, 4.69) is 27.4 Å². The van der Waals surface area contributed by atoms with Gasteiger partial charge in [-0.25, -0.2) is 0 Å². The molecule has 0 spiro atoms. The Labute approximate surface area is 102 Å². The summed E-state index contributed by atoms with van der Waals surface area (Å²) in [5.74, 6) is 1.65. The molecule has 1 N–H and O–H groups in total. The van der Waals surface area contributed by atoms with Gasteiger partial charge in [0.2, 0.25) is 5.89 Å². The molecular formula is C12H20N4O. The number of hydrogen-bond donors (Lipinski definition) is 1. The van der Waals surface area contributed by atoms with E-state index in [1.54, 1.807) is 0 Å². The maximum atomic E-state index is 5.41. The quantitative estimate of drug-likeness (QED) is 0.846. The van der Waals surface area contributed by atoms with Crippen molar-refractivity contribution in [1.29, 1.82) is 0 Å². The highest BCUT2D eigenvalue weighted by Gasteiger charge is 2.29. The summed E-state index contributed by atoms with van der Waals surface area (Å²) in [5, 5.41) is 7.60. The molecule has 3 heterocycles. The maximum Gasteiger partial charge on any atom is 0.243 e. The average molecular weight is 236 g/mol. The van der Waals surface area contributed by atoms with Crippen LogP contribution in [0.15, 0.2) is 4.52 Å². The molecule has 1 aromatic rings. The van der Waals surface area contributed by atoms with Crippen molar-refractivity contribution in [3.05, 3.63) is 11.7 Å². The molecule has 2 aliphatic rings. The summed E-state index contributed by atoms with van der Waals surface area (Å²) in [4.78, 5) is 6.89. The number of aromatic nitrogens is 2. The van der Waals surface area contributed by atoms with Gasteiger partial charge in [-0.05, 0) is 45.8 Å². The fraction of sp³-hybridized carbons (Fsp3) is 0.833. The topological polar surface area (TPSA) is 54.2 Å². The first kappa shape index (κ1) is 11.2. The third-order valence-corrected chi connectivity index (χ3v) is 3.88. The Morgan fingerprint density at radius 1 is 1.29 bits per heavy atom. The lowest BCUT2D eigenvalue weighted by atomic mass is 10.1. The standard InChI is InChI=1S/C12H20N4O/c1-16-8-4-6-10(16)11-14-12(17-15-11)9-5-2-3-7-13-9/h9-10,13H,2-8H2,1H3. The minimum absolute atomic E-state index is 0.275. The second-order valence-electron chi connectivity index (χ2n) is 5.13. The van der Waals surface area contributed by atoms with E-state index < -0.39 is 0 Å². The predicted molar refractivity (Wildman–Crippen MR) is 63.5 cm³/mol. The molecule has 94 valence electrons. The van der Waals surface area contributed by atoms with Gasteiger partial charge in [-0.1, -0.05) is 11.6 Å². The normalized spacial score (nSPS) is 30.9. The summed E-state index contributed by atoms with van der Waals surface area (Å²) >= 11 is 0. The third kappa shape index (κ3) is 2.21. The molecule has 2 saturated heterocycles. The van der Waals surface area contributed by atoms with Crippen molar-refractivity contribution in [2.45, 2.75) is 44.2 Å². The van der Waals surface area contributed by atoms with Crippen LogP contribution < -0.4 is 5.32 Å². The van der Waals surface area contributed by atoms with Crippen molar-refractivity contribution >= 4 is 0 Å². The fourth-order valence-corrected chi connectivity index (χ4v) is 2.82. The molecule has 0 aliphatic carbocycles. The second kappa shape index (κ2) is 4.74. The maximum absolute atomic E-state index is 5.41. The molecule has 5 nitrogen and oxygen atoms in total. The van der Waals surface area contributed by atoms with Gasteiger partial charge in [0.25, 0.3) is 0 Å². The van der Waals surface area contributed by atoms with Gasteiger partial charge in [0.15, 0.2) is 5.82 Å². The van der Waals surface area contributed by atoms with Gasteiger partial charge in [-0.2, -0.15) is 4.98 Å². The largest absolute Gasteiger partial charge is 0.338 e. The van der Waals surface area contributed by atoms with Crippen LogP contribution in [-0.2, 0) is 0 Å². The SMILES string of the molecule is CN1CCCC1c1noc(C2CCCCN2)n1. The van der Waals surface area contributed by atoms with E-state index in [0.29, 0.717) is 6.04 Å². The smallest absolute Gasteiger partial charge is 0.243 e. The Kier molecular flexibility index (Phi) is 3.11. The first-order valence-corrected chi connectivity index (χ1v) is 6.62. The molecule has 5 heteroatoms. The highest BCUT2D eigenvalue weighted by atomic mass is 16.5. The zero-order valence-electron chi connectivity index (χ0n) is 10.4. The molecule has 2 aliphatic heterocycles. The van der Waals surface area contributed by atoms with E-state index in [1.807, 2.05) is 0 Å². The molecule has 2 atom stereocenters. The first-order chi connectivity index (χ1) is 8.34. The van der Waals surface area contributed by atoms with Crippen LogP contribution in [0.4, 0.5) is 0 Å². The average Bonchev–Trinajstić information content (AvgIpc) is 2.98. The van der Waals surface area contributed by atoms with Gasteiger partial charge in [-0.3, -0.25) is 4.90 Å². The van der Waals surface area contributed by atoms with E-state index in [4.69, 9.17) is 4.52 Å². The molecule has 0 saturated carbocycles. The molecule has 0 bridgehead atoms. The van der Waals surface area contributed by atoms with Crippen molar-refractivity contribution in [1.82, 2.24) is 20.4 Å². The molecule has 2 unspecified atom stereocenters. The summed E-state index contributed by atoms with van der Waals surface area (Å²) in [6, 6.07) is 0.632. The molecule has 0 amide bonds. The van der Waals surface area contributed by atoms with E-state index in [0.717, 1.165) is 37.6 Å². The first-order valence-electron chi connectivity index (χ1n) is 6.62. The Balaban J connectivity index is 1.73. The summed E-state index contributed by atoms with van der Waals surface area (Å²) in [6.45, 7) is 2.20. The predicted octanol–water partition coefficient (Wildman–Crippen LogP) is 1.65. The van der Waals surface area contributed by atoms with Crippen LogP contribution in [0.5, 0.6) is 0 Å². The Bertz CT molecular complexity index is 372. The van der Waals surface area contributed by atoms with Crippen LogP contribution in [0.1, 0.15) is 55.9 Å². The van der Waals surface area contributed by atoms with Gasteiger partial charge in [0.05, 0.1) is 12.1 Å². The summed E-state index contributed by atoms with van der Waals surface area (Å²) in [5.41, 5.74) is 0. The van der Waals surface area contributed by atoms with Gasteiger partial charge >= 0.3 is 0 Å². The van der Waals surface area contributed by atoms with Crippen LogP contribution in [-0.4, -0.2) is 35.2 Å². The number of nitrogens with one attached hydrogen (secondary N) is 1. The van der Waals surface area contributed by atoms with E-state index in [1.165, 1.54) is 19.3 Å². The minimum Gasteiger partial charge on any atom is -0.338 e. The Morgan fingerprint density at radius 3 is 2.94 bits per heavy atom. The summed E-state index contributed by atoms with van der Waals surface area (Å²) in [6.07, 6.45) is 5.99. The van der Waals surface area contributed by atoms with Gasteiger partial charge in [0, 0.05) is 0 Å². The van der Waals surface area contributed by atoms with Crippen LogP contribution in [0.25, 0.3) is 0 Å². The lowest BCUT2D eigenvalue weighted by Crippen LogP contribution is -2.27. The van der Waals surface area contributed by atoms with Gasteiger partial charge in [0.1, 0.15) is 0 Å². The van der Waals surface area contributed by atoms with E-state index in [9.17, 15) is 0 Å². The van der Waals surface area contributed by atoms with Crippen molar-refractivity contribution in [2.24, 2.45) is 0 Å². The van der Waals surface area contributed by atoms with Crippen LogP contribution in [0.2, 0.25) is 0 Å². The third-order valence-electron chi connectivity index (χ3n) is 3.88. The molecule has 1 aromatic heterocycles. The van der Waals surface area contributed by atoms with E-state index >= 15 is 0 Å². The Morgan fingerprint density at radius 2 is 2.24 bits per heavy atom. The number of piperidine rings is 1. The highest BCUT2D eigenvalue weighted by Crippen LogP contribution is 2.29. The molecule has 17 heavy (non-hydrogen) atoms. The number of hydrogen-bond acceptors (Lipinski definition) is 5. The zero-order chi connectivity index (χ0) is 11.7. The molecule has 2 fully saturated rings. The summed E-state index contributed by atoms with van der Waals surface area (Å²) < 4.78 is 5.41. The lowest BCUT2D eigenvalue weighted by molar-refractivity contribution is 0.279. The monoisotopic (exact) mass is 236 g/mol. The van der Waals surface area contributed by atoms with Crippen molar-refractivity contribution < 1.29 is 4.52 Å². The highest BCUT2D eigenvalue weighted by molar-refractivity contribution is 5.00. The van der Waals surface area contributed by atoms with Gasteiger partial charge in [-0.15, -0.1) is 0 Å². The number of rotatable bonds is 2. The molecular weight excluding hydrogens is 216 g/mol. The number of likely N-dealkylation sites (tertiary alicyclic amines) is 1. The second-order valence-corrected chi connectivity index (χ2v) is 5.13. The van der Waals surface area contributed by atoms with E-state index in [-0.39, 0.29) is 6.04 Å². The molecule has 3 rings (SSSR count). The molecule has 0 radical (unpaired) electrons. The summed E-state index contributed by atoms with van der Waals surface area (Å²) in [7, 11) is 2.13. The zero-order valence-corrected chi connectivity index (χ0v) is 10.4. The lowest BCUT2D eigenvalue weighted by Gasteiger charge is -2.19. The Hall–Kier alpha value is -0.940. The number of nitrogens with zero attached hydrogens (tertiary/aromatic N) is 3. The molecule has 0 aromatic carbocycles. The van der Waals surface area contributed by atoms with Crippen molar-refractivity contribution in [3.8, 4) is 0 Å². The van der Waals surface area contributed by atoms with Crippen LogP contribution >= 0.6 is 0 Å². The van der Waals surface area contributed by atoms with Crippen LogP contribution in [0.3, 0.4) is 0 Å². The van der Waals surface area contributed by atoms with Crippen LogP contribution in [0, 0.1) is 0 Å². The van der Waals surface area contributed by atoms with Crippen molar-refractivity contribution in [2.75, 3.05) is 20.1 Å². The fourth-order valence-electron chi connectivity index (χ4n) is 2.82. The minimum atomic E-state index is 0.275.